The lowest BCUT2D eigenvalue weighted by Crippen LogP contribution is -2.49. The van der Waals surface area contributed by atoms with Crippen molar-refractivity contribution < 1.29 is 43.2 Å². The van der Waals surface area contributed by atoms with Crippen LogP contribution in [0.25, 0.3) is 33.5 Å². The van der Waals surface area contributed by atoms with Crippen LogP contribution in [-0.4, -0.2) is 61.4 Å². The smallest absolute Gasteiger partial charge is 0.408 e. The normalized spacial score (nSPS) is 14.7. The van der Waals surface area contributed by atoms with E-state index in [1.54, 1.807) is 11.8 Å². The van der Waals surface area contributed by atoms with Crippen molar-refractivity contribution in [2.24, 2.45) is 14.1 Å². The van der Waals surface area contributed by atoms with Crippen LogP contribution in [0.4, 0.5) is 29.1 Å². The summed E-state index contributed by atoms with van der Waals surface area (Å²) in [6.45, 7) is 1.50. The Hall–Kier alpha value is -5.18. The molecule has 0 saturated carbocycles. The summed E-state index contributed by atoms with van der Waals surface area (Å²) in [5.41, 5.74) is -1.92. The maximum Gasteiger partial charge on any atom is 0.419 e. The van der Waals surface area contributed by atoms with E-state index in [9.17, 15) is 39.6 Å². The molecule has 0 unspecified atom stereocenters. The van der Waals surface area contributed by atoms with Crippen molar-refractivity contribution in [1.29, 1.82) is 0 Å². The third-order valence-electron chi connectivity index (χ3n) is 9.07. The molecule has 1 aliphatic rings. The topological polar surface area (TPSA) is 170 Å². The van der Waals surface area contributed by atoms with E-state index in [0.717, 1.165) is 47.0 Å². The van der Waals surface area contributed by atoms with Gasteiger partial charge in [0, 0.05) is 51.9 Å². The molecule has 0 spiro atoms. The number of rotatable bonds is 7. The lowest BCUT2D eigenvalue weighted by molar-refractivity contribution is -0.137. The minimum absolute atomic E-state index is 0.00947. The van der Waals surface area contributed by atoms with Crippen molar-refractivity contribution in [1.82, 2.24) is 18.4 Å². The standard InChI is InChI=1S/C33H27ClF4N6O8S2/c1-17-12-25-23(41(2)31(45)51-25)15-27(17)54(49,50)44-10-8-43(9-11-44)29-7-5-19(33(36,37)38)30(39-29)18-4-6-21(35)22(13-18)40-53(47,48)28-16-24-26(14-20(28)34)52-32(46)42(24)3/h4-7,12-16,40H,8-11H2,1-3H3. The van der Waals surface area contributed by atoms with Crippen LogP contribution in [0.5, 0.6) is 0 Å². The molecule has 1 fully saturated rings. The van der Waals surface area contributed by atoms with Crippen molar-refractivity contribution in [3.8, 4) is 11.3 Å². The number of pyridine rings is 1. The average Bonchev–Trinajstić information content (AvgIpc) is 3.54. The minimum Gasteiger partial charge on any atom is -0.408 e. The molecule has 3 aromatic heterocycles. The molecule has 1 saturated heterocycles. The summed E-state index contributed by atoms with van der Waals surface area (Å²) in [5, 5.41) is -0.372. The third kappa shape index (κ3) is 6.41. The third-order valence-corrected chi connectivity index (χ3v) is 12.9. The predicted molar refractivity (Wildman–Crippen MR) is 189 cm³/mol. The van der Waals surface area contributed by atoms with E-state index in [4.69, 9.17) is 20.4 Å². The molecule has 0 aliphatic carbocycles. The Balaban J connectivity index is 1.18. The number of sulfonamides is 2. The van der Waals surface area contributed by atoms with Gasteiger partial charge in [-0.25, -0.2) is 35.8 Å². The van der Waals surface area contributed by atoms with Gasteiger partial charge in [0.25, 0.3) is 10.0 Å². The first-order valence-corrected chi connectivity index (χ1v) is 19.1. The first-order valence-electron chi connectivity index (χ1n) is 15.8. The molecule has 0 radical (unpaired) electrons. The summed E-state index contributed by atoms with van der Waals surface area (Å²) in [4.78, 5) is 29.1. The second-order valence-corrected chi connectivity index (χ2v) is 16.4. The molecule has 0 bridgehead atoms. The lowest BCUT2D eigenvalue weighted by atomic mass is 10.0. The van der Waals surface area contributed by atoms with Crippen LogP contribution < -0.4 is 21.1 Å². The summed E-state index contributed by atoms with van der Waals surface area (Å²) in [7, 11) is -5.99. The van der Waals surface area contributed by atoms with E-state index in [-0.39, 0.29) is 69.7 Å². The van der Waals surface area contributed by atoms with E-state index < -0.39 is 65.4 Å². The van der Waals surface area contributed by atoms with Crippen LogP contribution in [0.15, 0.2) is 82.8 Å². The van der Waals surface area contributed by atoms with Gasteiger partial charge in [-0.05, 0) is 61.0 Å². The number of hydrogen-bond donors (Lipinski definition) is 1. The van der Waals surface area contributed by atoms with Crippen molar-refractivity contribution >= 4 is 65.4 Å². The molecule has 1 aliphatic heterocycles. The van der Waals surface area contributed by atoms with E-state index in [0.29, 0.717) is 5.56 Å². The number of halogens is 5. The second-order valence-electron chi connectivity index (χ2n) is 12.4. The van der Waals surface area contributed by atoms with Gasteiger partial charge in [-0.3, -0.25) is 13.9 Å². The Bertz CT molecular complexity index is 2860. The van der Waals surface area contributed by atoms with E-state index in [1.165, 1.54) is 35.1 Å². The zero-order valence-electron chi connectivity index (χ0n) is 28.2. The number of alkyl halides is 3. The molecule has 0 atom stereocenters. The van der Waals surface area contributed by atoms with E-state index in [1.807, 2.05) is 4.72 Å². The van der Waals surface area contributed by atoms with Gasteiger partial charge < -0.3 is 13.7 Å². The van der Waals surface area contributed by atoms with Crippen LogP contribution >= 0.6 is 11.6 Å². The zero-order valence-corrected chi connectivity index (χ0v) is 30.6. The van der Waals surface area contributed by atoms with Crippen molar-refractivity contribution in [2.75, 3.05) is 35.8 Å². The molecule has 3 aromatic carbocycles. The average molecular weight is 811 g/mol. The van der Waals surface area contributed by atoms with Gasteiger partial charge in [0.05, 0.1) is 37.9 Å². The molecule has 0 amide bonds. The number of aromatic nitrogens is 3. The largest absolute Gasteiger partial charge is 0.419 e. The fourth-order valence-corrected chi connectivity index (χ4v) is 9.43. The quantitative estimate of drug-likeness (QED) is 0.215. The Labute approximate surface area is 307 Å². The molecule has 21 heteroatoms. The van der Waals surface area contributed by atoms with Gasteiger partial charge in [0.1, 0.15) is 16.5 Å². The number of piperazine rings is 1. The zero-order chi connectivity index (χ0) is 39.1. The summed E-state index contributed by atoms with van der Waals surface area (Å²) in [6, 6.07) is 9.48. The fraction of sp³-hybridized carbons (Fsp3) is 0.242. The highest BCUT2D eigenvalue weighted by Crippen LogP contribution is 2.39. The molecular weight excluding hydrogens is 784 g/mol. The molecular formula is C33H27ClF4N6O8S2. The van der Waals surface area contributed by atoms with Crippen molar-refractivity contribution in [3.63, 3.8) is 0 Å². The van der Waals surface area contributed by atoms with Crippen molar-refractivity contribution in [3.05, 3.63) is 97.7 Å². The van der Waals surface area contributed by atoms with Gasteiger partial charge >= 0.3 is 17.7 Å². The minimum atomic E-state index is -4.93. The lowest BCUT2D eigenvalue weighted by Gasteiger charge is -2.35. The van der Waals surface area contributed by atoms with Crippen LogP contribution in [0.2, 0.25) is 5.02 Å². The molecule has 14 nitrogen and oxygen atoms in total. The molecule has 54 heavy (non-hydrogen) atoms. The fourth-order valence-electron chi connectivity index (χ4n) is 6.19. The molecule has 4 heterocycles. The Morgan fingerprint density at radius 3 is 2.02 bits per heavy atom. The summed E-state index contributed by atoms with van der Waals surface area (Å²) in [5.74, 6) is -2.52. The van der Waals surface area contributed by atoms with E-state index in [2.05, 4.69) is 4.98 Å². The maximum absolute atomic E-state index is 15.1. The Kier molecular flexibility index (Phi) is 8.94. The van der Waals surface area contributed by atoms with E-state index >= 15 is 4.39 Å². The molecule has 284 valence electrons. The number of hydrogen-bond acceptors (Lipinski definition) is 10. The number of anilines is 2. The molecule has 6 aromatic rings. The van der Waals surface area contributed by atoms with Crippen LogP contribution in [0.3, 0.4) is 0 Å². The van der Waals surface area contributed by atoms with Gasteiger partial charge in [0.15, 0.2) is 11.2 Å². The van der Waals surface area contributed by atoms with Crippen molar-refractivity contribution in [2.45, 2.75) is 22.9 Å². The highest BCUT2D eigenvalue weighted by molar-refractivity contribution is 7.92. The first kappa shape index (κ1) is 37.1. The molecule has 1 N–H and O–H groups in total. The van der Waals surface area contributed by atoms with Crippen LogP contribution in [0, 0.1) is 12.7 Å². The number of nitrogens with zero attached hydrogens (tertiary/aromatic N) is 5. The highest BCUT2D eigenvalue weighted by atomic mass is 35.5. The monoisotopic (exact) mass is 810 g/mol. The van der Waals surface area contributed by atoms with Crippen LogP contribution in [0.1, 0.15) is 11.1 Å². The predicted octanol–water partition coefficient (Wildman–Crippen LogP) is 5.07. The second kappa shape index (κ2) is 13.0. The SMILES string of the molecule is Cc1cc2oc(=O)n(C)c2cc1S(=O)(=O)N1CCN(c2ccc(C(F)(F)F)c(-c3ccc(F)c(NS(=O)(=O)c4cc5c(cc4Cl)oc(=O)n5C)c3)n2)CC1. The highest BCUT2D eigenvalue weighted by Gasteiger charge is 2.36. The number of aryl methyl sites for hydroxylation is 3. The van der Waals surface area contributed by atoms with Gasteiger partial charge in [0.2, 0.25) is 10.0 Å². The maximum atomic E-state index is 15.1. The van der Waals surface area contributed by atoms with Gasteiger partial charge in [-0.15, -0.1) is 0 Å². The summed E-state index contributed by atoms with van der Waals surface area (Å²) < 4.78 is 128. The Morgan fingerprint density at radius 1 is 0.815 bits per heavy atom. The number of benzene rings is 3. The Morgan fingerprint density at radius 2 is 1.41 bits per heavy atom. The number of nitrogens with one attached hydrogen (secondary N) is 1. The summed E-state index contributed by atoms with van der Waals surface area (Å²) in [6.07, 6.45) is -4.93. The number of fused-ring (bicyclic) bond motifs is 2. The first-order chi connectivity index (χ1) is 25.3. The van der Waals surface area contributed by atoms with Crippen LogP contribution in [-0.2, 0) is 40.3 Å². The van der Waals surface area contributed by atoms with Gasteiger partial charge in [-0.2, -0.15) is 17.5 Å². The van der Waals surface area contributed by atoms with Gasteiger partial charge in [-0.1, -0.05) is 11.6 Å². The molecule has 7 rings (SSSR count). The number of oxazole rings is 2. The summed E-state index contributed by atoms with van der Waals surface area (Å²) >= 11 is 6.17.